The Hall–Kier alpha value is -1.44. The topological polar surface area (TPSA) is 108 Å². The van der Waals surface area contributed by atoms with Crippen molar-refractivity contribution in [1.82, 2.24) is 9.97 Å². The molecule has 0 saturated heterocycles. The number of hydrogen-bond acceptors (Lipinski definition) is 7. The summed E-state index contributed by atoms with van der Waals surface area (Å²) in [6.45, 7) is 2.62. The van der Waals surface area contributed by atoms with Crippen LogP contribution in [0.25, 0.3) is 0 Å². The second-order valence-corrected chi connectivity index (χ2v) is 3.27. The van der Waals surface area contributed by atoms with E-state index in [1.54, 1.807) is 11.0 Å². The van der Waals surface area contributed by atoms with Crippen LogP contribution < -0.4 is 16.2 Å². The minimum Gasteiger partial charge on any atom is -0.395 e. The van der Waals surface area contributed by atoms with Crippen LogP contribution in [0.15, 0.2) is 6.07 Å². The molecule has 0 fully saturated rings. The maximum Gasteiger partial charge on any atom is 0.239 e. The second-order valence-electron chi connectivity index (χ2n) is 3.27. The molecule has 16 heavy (non-hydrogen) atoms. The van der Waals surface area contributed by atoms with Crippen molar-refractivity contribution in [3.8, 4) is 0 Å². The van der Waals surface area contributed by atoms with E-state index in [4.69, 9.17) is 16.1 Å². The Morgan fingerprint density at radius 2 is 1.94 bits per heavy atom. The van der Waals surface area contributed by atoms with Crippen molar-refractivity contribution in [2.45, 2.75) is 6.92 Å². The summed E-state index contributed by atoms with van der Waals surface area (Å²) in [7, 11) is 0. The van der Waals surface area contributed by atoms with Gasteiger partial charge in [-0.1, -0.05) is 0 Å². The van der Waals surface area contributed by atoms with Crippen LogP contribution in [-0.2, 0) is 0 Å². The Bertz CT molecular complexity index is 328. The first-order valence-electron chi connectivity index (χ1n) is 5.00. The molecule has 5 N–H and O–H groups in total. The normalized spacial score (nSPS) is 10.2. The number of anilines is 2. The third-order valence-electron chi connectivity index (χ3n) is 2.03. The molecule has 0 aliphatic heterocycles. The SMILES string of the molecule is Cc1cc(N(CCO)CCO)nc(NN)n1. The predicted octanol–water partition coefficient (Wildman–Crippen LogP) is -1.14. The number of hydrazine groups is 1. The molecule has 0 saturated carbocycles. The molecule has 1 heterocycles. The fourth-order valence-electron chi connectivity index (χ4n) is 1.36. The summed E-state index contributed by atoms with van der Waals surface area (Å²) in [5.41, 5.74) is 3.14. The number of nitrogens with zero attached hydrogens (tertiary/aromatic N) is 3. The summed E-state index contributed by atoms with van der Waals surface area (Å²) < 4.78 is 0. The molecular weight excluding hydrogens is 210 g/mol. The van der Waals surface area contributed by atoms with Crippen LogP contribution in [-0.4, -0.2) is 46.5 Å². The monoisotopic (exact) mass is 227 g/mol. The highest BCUT2D eigenvalue weighted by molar-refractivity contribution is 5.44. The highest BCUT2D eigenvalue weighted by Gasteiger charge is 2.09. The van der Waals surface area contributed by atoms with Gasteiger partial charge in [0.25, 0.3) is 0 Å². The van der Waals surface area contributed by atoms with Gasteiger partial charge in [-0.3, -0.25) is 5.43 Å². The van der Waals surface area contributed by atoms with Gasteiger partial charge in [0.2, 0.25) is 5.95 Å². The van der Waals surface area contributed by atoms with Crippen LogP contribution in [0.5, 0.6) is 0 Å². The van der Waals surface area contributed by atoms with Crippen molar-refractivity contribution in [3.05, 3.63) is 11.8 Å². The zero-order valence-electron chi connectivity index (χ0n) is 9.22. The van der Waals surface area contributed by atoms with E-state index in [9.17, 15) is 0 Å². The number of rotatable bonds is 6. The van der Waals surface area contributed by atoms with Gasteiger partial charge in [-0.2, -0.15) is 4.98 Å². The largest absolute Gasteiger partial charge is 0.395 e. The number of nitrogens with two attached hydrogens (primary N) is 1. The van der Waals surface area contributed by atoms with Crippen molar-refractivity contribution in [2.75, 3.05) is 36.6 Å². The zero-order valence-corrected chi connectivity index (χ0v) is 9.22. The van der Waals surface area contributed by atoms with Crippen LogP contribution in [0.4, 0.5) is 11.8 Å². The van der Waals surface area contributed by atoms with Crippen LogP contribution >= 0.6 is 0 Å². The van der Waals surface area contributed by atoms with Gasteiger partial charge in [0.15, 0.2) is 0 Å². The lowest BCUT2D eigenvalue weighted by molar-refractivity contribution is 0.280. The molecule has 0 unspecified atom stereocenters. The molecule has 1 aromatic rings. The number of aryl methyl sites for hydroxylation is 1. The van der Waals surface area contributed by atoms with E-state index in [0.717, 1.165) is 5.69 Å². The molecule has 7 nitrogen and oxygen atoms in total. The minimum absolute atomic E-state index is 0.00552. The van der Waals surface area contributed by atoms with Crippen molar-refractivity contribution < 1.29 is 10.2 Å². The van der Waals surface area contributed by atoms with E-state index in [2.05, 4.69) is 15.4 Å². The van der Waals surface area contributed by atoms with Crippen LogP contribution in [0.2, 0.25) is 0 Å². The third kappa shape index (κ3) is 3.30. The average Bonchev–Trinajstić information content (AvgIpc) is 2.28. The Morgan fingerprint density at radius 1 is 1.31 bits per heavy atom. The number of aromatic nitrogens is 2. The van der Waals surface area contributed by atoms with Gasteiger partial charge < -0.3 is 15.1 Å². The van der Waals surface area contributed by atoms with Gasteiger partial charge >= 0.3 is 0 Å². The third-order valence-corrected chi connectivity index (χ3v) is 2.03. The Kier molecular flexibility index (Phi) is 4.90. The van der Waals surface area contributed by atoms with Gasteiger partial charge in [0.1, 0.15) is 5.82 Å². The molecule has 0 radical (unpaired) electrons. The van der Waals surface area contributed by atoms with Crippen LogP contribution in [0, 0.1) is 6.92 Å². The smallest absolute Gasteiger partial charge is 0.239 e. The fraction of sp³-hybridized carbons (Fsp3) is 0.556. The van der Waals surface area contributed by atoms with E-state index >= 15 is 0 Å². The number of aliphatic hydroxyl groups excluding tert-OH is 2. The number of nitrogen functional groups attached to an aromatic ring is 1. The highest BCUT2D eigenvalue weighted by Crippen LogP contribution is 2.13. The number of hydrogen-bond donors (Lipinski definition) is 4. The van der Waals surface area contributed by atoms with Crippen molar-refractivity contribution in [1.29, 1.82) is 0 Å². The molecule has 1 rings (SSSR count). The molecule has 0 aromatic carbocycles. The Labute approximate surface area is 93.9 Å². The lowest BCUT2D eigenvalue weighted by Crippen LogP contribution is -2.31. The van der Waals surface area contributed by atoms with E-state index in [-0.39, 0.29) is 13.2 Å². The van der Waals surface area contributed by atoms with E-state index < -0.39 is 0 Å². The molecule has 1 aromatic heterocycles. The van der Waals surface area contributed by atoms with E-state index in [0.29, 0.717) is 24.9 Å². The number of nitrogens with one attached hydrogen (secondary N) is 1. The molecule has 0 bridgehead atoms. The summed E-state index contributed by atoms with van der Waals surface area (Å²) in [6, 6.07) is 1.77. The first-order valence-corrected chi connectivity index (χ1v) is 5.00. The molecular formula is C9H17N5O2. The quantitative estimate of drug-likeness (QED) is 0.359. The molecule has 0 spiro atoms. The lowest BCUT2D eigenvalue weighted by Gasteiger charge is -2.22. The first-order chi connectivity index (χ1) is 7.71. The molecule has 7 heteroatoms. The van der Waals surface area contributed by atoms with Gasteiger partial charge in [-0.05, 0) is 6.92 Å². The summed E-state index contributed by atoms with van der Waals surface area (Å²) in [4.78, 5) is 9.96. The van der Waals surface area contributed by atoms with Crippen LogP contribution in [0.1, 0.15) is 5.69 Å². The first kappa shape index (κ1) is 12.6. The maximum absolute atomic E-state index is 8.91. The lowest BCUT2D eigenvalue weighted by atomic mass is 10.4. The van der Waals surface area contributed by atoms with Gasteiger partial charge in [-0.25, -0.2) is 10.8 Å². The molecule has 0 aliphatic rings. The standard InChI is InChI=1S/C9H17N5O2/c1-7-6-8(12-9(11-7)13-10)14(2-4-15)3-5-16/h6,15-16H,2-5,10H2,1H3,(H,11,12,13). The van der Waals surface area contributed by atoms with Gasteiger partial charge in [0.05, 0.1) is 13.2 Å². The summed E-state index contributed by atoms with van der Waals surface area (Å²) in [5, 5.41) is 17.8. The molecule has 0 aliphatic carbocycles. The fourth-order valence-corrected chi connectivity index (χ4v) is 1.36. The summed E-state index contributed by atoms with van der Waals surface area (Å²) in [6.07, 6.45) is 0. The minimum atomic E-state index is -0.00552. The maximum atomic E-state index is 8.91. The van der Waals surface area contributed by atoms with Crippen LogP contribution in [0.3, 0.4) is 0 Å². The van der Waals surface area contributed by atoms with Gasteiger partial charge in [-0.15, -0.1) is 0 Å². The zero-order chi connectivity index (χ0) is 12.0. The van der Waals surface area contributed by atoms with E-state index in [1.807, 2.05) is 6.92 Å². The highest BCUT2D eigenvalue weighted by atomic mass is 16.3. The van der Waals surface area contributed by atoms with E-state index in [1.165, 1.54) is 0 Å². The van der Waals surface area contributed by atoms with Crippen molar-refractivity contribution in [2.24, 2.45) is 5.84 Å². The molecule has 0 amide bonds. The van der Waals surface area contributed by atoms with Crippen molar-refractivity contribution in [3.63, 3.8) is 0 Å². The Balaban J connectivity index is 2.93. The summed E-state index contributed by atoms with van der Waals surface area (Å²) >= 11 is 0. The predicted molar refractivity (Wildman–Crippen MR) is 61.0 cm³/mol. The molecule has 90 valence electrons. The Morgan fingerprint density at radius 3 is 2.44 bits per heavy atom. The molecule has 0 atom stereocenters. The average molecular weight is 227 g/mol. The van der Waals surface area contributed by atoms with Crippen molar-refractivity contribution >= 4 is 11.8 Å². The number of aliphatic hydroxyl groups is 2. The summed E-state index contributed by atoms with van der Waals surface area (Å²) in [5.74, 6) is 6.19. The van der Waals surface area contributed by atoms with Gasteiger partial charge in [0, 0.05) is 24.8 Å². The second kappa shape index (κ2) is 6.21.